The number of hydrogen-bond donors (Lipinski definition) is 1. The van der Waals surface area contributed by atoms with E-state index in [0.29, 0.717) is 24.0 Å². The maximum Gasteiger partial charge on any atom is 0.279 e. The number of aromatic amines is 1. The predicted molar refractivity (Wildman–Crippen MR) is 145 cm³/mol. The van der Waals surface area contributed by atoms with Crippen molar-refractivity contribution in [1.29, 1.82) is 0 Å². The maximum atomic E-state index is 14.0. The van der Waals surface area contributed by atoms with Crippen molar-refractivity contribution in [3.8, 4) is 5.69 Å². The second kappa shape index (κ2) is 8.13. The Balaban J connectivity index is 1.21. The van der Waals surface area contributed by atoms with Crippen LogP contribution in [0.1, 0.15) is 67.6 Å². The van der Waals surface area contributed by atoms with Crippen molar-refractivity contribution in [2.24, 2.45) is 13.0 Å². The molecule has 8 nitrogen and oxygen atoms in total. The Morgan fingerprint density at radius 2 is 2.08 bits per heavy atom. The molecule has 4 aromatic rings. The summed E-state index contributed by atoms with van der Waals surface area (Å²) < 4.78 is 9.70. The van der Waals surface area contributed by atoms with Crippen molar-refractivity contribution < 1.29 is 4.74 Å². The summed E-state index contributed by atoms with van der Waals surface area (Å²) in [5, 5.41) is 9.80. The molecule has 2 saturated heterocycles. The minimum atomic E-state index is -0.161. The summed E-state index contributed by atoms with van der Waals surface area (Å²) >= 11 is 0. The number of H-pyrrole nitrogens is 1. The highest BCUT2D eigenvalue weighted by Crippen LogP contribution is 2.51. The van der Waals surface area contributed by atoms with Gasteiger partial charge in [-0.2, -0.15) is 0 Å². The summed E-state index contributed by atoms with van der Waals surface area (Å²) in [7, 11) is 2.02. The molecule has 5 heterocycles. The quantitative estimate of drug-likeness (QED) is 0.424. The van der Waals surface area contributed by atoms with Gasteiger partial charge in [0.1, 0.15) is 17.7 Å². The summed E-state index contributed by atoms with van der Waals surface area (Å²) in [4.78, 5) is 20.0. The molecule has 0 spiro atoms. The first kappa shape index (κ1) is 22.7. The number of rotatable bonds is 6. The van der Waals surface area contributed by atoms with Crippen LogP contribution < -0.4 is 5.56 Å². The number of pyridine rings is 1. The molecule has 0 amide bonds. The molecule has 3 aromatic heterocycles. The number of hydrogen-bond acceptors (Lipinski definition) is 5. The van der Waals surface area contributed by atoms with Gasteiger partial charge in [-0.05, 0) is 73.3 Å². The molecule has 196 valence electrons. The molecule has 1 aromatic carbocycles. The molecule has 8 rings (SSSR count). The number of morpholine rings is 1. The third kappa shape index (κ3) is 3.39. The van der Waals surface area contributed by atoms with E-state index >= 15 is 0 Å². The molecular weight excluding hydrogens is 476 g/mol. The number of aryl methyl sites for hydroxylation is 1. The van der Waals surface area contributed by atoms with Crippen molar-refractivity contribution in [1.82, 2.24) is 29.2 Å². The minimum Gasteiger partial charge on any atom is -0.375 e. The van der Waals surface area contributed by atoms with E-state index in [1.54, 1.807) is 6.33 Å². The fourth-order valence-corrected chi connectivity index (χ4v) is 7.53. The van der Waals surface area contributed by atoms with Gasteiger partial charge < -0.3 is 14.3 Å². The van der Waals surface area contributed by atoms with E-state index < -0.39 is 0 Å². The summed E-state index contributed by atoms with van der Waals surface area (Å²) in [5.74, 6) is 2.17. The number of nitrogens with zero attached hydrogens (tertiary/aromatic N) is 5. The molecule has 4 fully saturated rings. The molecule has 2 aliphatic carbocycles. The highest BCUT2D eigenvalue weighted by molar-refractivity contribution is 5.84. The van der Waals surface area contributed by atoms with Crippen LogP contribution in [0.2, 0.25) is 0 Å². The van der Waals surface area contributed by atoms with Crippen LogP contribution in [-0.4, -0.2) is 54.5 Å². The molecule has 4 aliphatic rings. The molecule has 1 N–H and O–H groups in total. The Hall–Kier alpha value is -3.23. The minimum absolute atomic E-state index is 0.0220. The van der Waals surface area contributed by atoms with Gasteiger partial charge in [-0.25, -0.2) is 0 Å². The number of likely N-dealkylation sites (tertiary alicyclic amines) is 1. The number of ether oxygens (including phenoxy) is 1. The van der Waals surface area contributed by atoms with Crippen molar-refractivity contribution in [2.45, 2.75) is 69.1 Å². The molecule has 8 heteroatoms. The molecule has 2 bridgehead atoms. The number of benzene rings is 1. The first-order valence-corrected chi connectivity index (χ1v) is 14.1. The van der Waals surface area contributed by atoms with Crippen molar-refractivity contribution in [3.63, 3.8) is 0 Å². The first-order valence-electron chi connectivity index (χ1n) is 14.1. The maximum absolute atomic E-state index is 14.0. The lowest BCUT2D eigenvalue weighted by atomic mass is 9.58. The van der Waals surface area contributed by atoms with Crippen LogP contribution in [0.4, 0.5) is 0 Å². The molecule has 38 heavy (non-hydrogen) atoms. The van der Waals surface area contributed by atoms with Gasteiger partial charge in [0.25, 0.3) is 5.56 Å². The summed E-state index contributed by atoms with van der Waals surface area (Å²) in [6.45, 7) is 4.95. The van der Waals surface area contributed by atoms with E-state index in [-0.39, 0.29) is 11.0 Å². The molecule has 0 radical (unpaired) electrons. The topological polar surface area (TPSA) is 81.0 Å². The Bertz CT molecular complexity index is 1600. The highest BCUT2D eigenvalue weighted by atomic mass is 16.5. The Morgan fingerprint density at radius 1 is 1.21 bits per heavy atom. The molecule has 0 unspecified atom stereocenters. The Morgan fingerprint density at radius 3 is 2.76 bits per heavy atom. The molecule has 2 saturated carbocycles. The second-order valence-electron chi connectivity index (χ2n) is 12.3. The van der Waals surface area contributed by atoms with Gasteiger partial charge in [0, 0.05) is 49.1 Å². The number of fused-ring (bicyclic) bond motifs is 3. The lowest BCUT2D eigenvalue weighted by molar-refractivity contribution is 0.0269. The van der Waals surface area contributed by atoms with Crippen LogP contribution in [-0.2, 0) is 23.7 Å². The fourth-order valence-electron chi connectivity index (χ4n) is 7.53. The smallest absolute Gasteiger partial charge is 0.279 e. The van der Waals surface area contributed by atoms with Gasteiger partial charge >= 0.3 is 0 Å². The lowest BCUT2D eigenvalue weighted by Gasteiger charge is -2.46. The van der Waals surface area contributed by atoms with Gasteiger partial charge in [0.05, 0.1) is 18.1 Å². The van der Waals surface area contributed by atoms with Crippen LogP contribution in [0.25, 0.3) is 16.6 Å². The standard InChI is InChI=1S/C30H34N6O2/c1-18-11-30(12-18,29-33-31-17-34(29)2)20-4-3-5-22(8-20)36-15-26(19-6-7-19)25-9-21(32-27(25)28(36)37)13-35-14-24-10-23(35)16-38-24/h3-5,8-9,15,17-19,23-24,32H,6-7,10-14,16H2,1-2H3/t18?,23-,24-,30?/m1/s1. The zero-order chi connectivity index (χ0) is 25.6. The zero-order valence-corrected chi connectivity index (χ0v) is 22.1. The molecular formula is C30H34N6O2. The second-order valence-corrected chi connectivity index (χ2v) is 12.3. The lowest BCUT2D eigenvalue weighted by Crippen LogP contribution is -2.43. The van der Waals surface area contributed by atoms with E-state index in [9.17, 15) is 4.79 Å². The van der Waals surface area contributed by atoms with E-state index in [2.05, 4.69) is 63.5 Å². The summed E-state index contributed by atoms with van der Waals surface area (Å²) in [6.07, 6.45) is 9.85. The Kier molecular flexibility index (Phi) is 4.86. The predicted octanol–water partition coefficient (Wildman–Crippen LogP) is 4.01. The van der Waals surface area contributed by atoms with Gasteiger partial charge in [-0.3, -0.25) is 14.3 Å². The SMILES string of the molecule is CC1CC(c2cccc(-n3cc(C4CC4)c4cc(CN5C[C@H]6C[C@@H]5CO6)[nH]c4c3=O)c2)(c2nncn2C)C1. The van der Waals surface area contributed by atoms with Gasteiger partial charge in [-0.1, -0.05) is 19.1 Å². The highest BCUT2D eigenvalue weighted by Gasteiger charge is 2.48. The van der Waals surface area contributed by atoms with Crippen LogP contribution in [0.15, 0.2) is 47.7 Å². The third-order valence-corrected chi connectivity index (χ3v) is 9.50. The van der Waals surface area contributed by atoms with Crippen LogP contribution >= 0.6 is 0 Å². The van der Waals surface area contributed by atoms with E-state index in [0.717, 1.165) is 67.1 Å². The van der Waals surface area contributed by atoms with Crippen LogP contribution in [0, 0.1) is 5.92 Å². The van der Waals surface area contributed by atoms with Crippen LogP contribution in [0.5, 0.6) is 0 Å². The summed E-state index contributed by atoms with van der Waals surface area (Å²) in [5.41, 5.74) is 5.14. The molecule has 2 aliphatic heterocycles. The monoisotopic (exact) mass is 510 g/mol. The van der Waals surface area contributed by atoms with Crippen molar-refractivity contribution in [2.75, 3.05) is 13.2 Å². The van der Waals surface area contributed by atoms with Gasteiger partial charge in [0.15, 0.2) is 0 Å². The van der Waals surface area contributed by atoms with E-state index in [1.165, 1.54) is 24.0 Å². The average molecular weight is 511 g/mol. The Labute approximate surface area is 221 Å². The first-order chi connectivity index (χ1) is 18.5. The zero-order valence-electron chi connectivity index (χ0n) is 22.1. The summed E-state index contributed by atoms with van der Waals surface area (Å²) in [6, 6.07) is 11.3. The normalized spacial score (nSPS) is 28.8. The van der Waals surface area contributed by atoms with Crippen LogP contribution in [0.3, 0.4) is 0 Å². The number of nitrogens with one attached hydrogen (secondary N) is 1. The van der Waals surface area contributed by atoms with Gasteiger partial charge in [0.2, 0.25) is 0 Å². The van der Waals surface area contributed by atoms with Gasteiger partial charge in [-0.15, -0.1) is 10.2 Å². The third-order valence-electron chi connectivity index (χ3n) is 9.50. The van der Waals surface area contributed by atoms with E-state index in [4.69, 9.17) is 4.74 Å². The largest absolute Gasteiger partial charge is 0.375 e. The number of aromatic nitrogens is 5. The molecule has 2 atom stereocenters. The van der Waals surface area contributed by atoms with Crippen molar-refractivity contribution >= 4 is 10.9 Å². The van der Waals surface area contributed by atoms with E-state index in [1.807, 2.05) is 16.2 Å². The average Bonchev–Trinajstić information content (AvgIpc) is 3.22. The fraction of sp³-hybridized carbons (Fsp3) is 0.500. The van der Waals surface area contributed by atoms with Crippen molar-refractivity contribution in [3.05, 3.63) is 75.9 Å².